The smallest absolute Gasteiger partial charge is 0.231 e. The Kier molecular flexibility index (Phi) is 4.90. The molecular weight excluding hydrogens is 330 g/mol. The van der Waals surface area contributed by atoms with Crippen molar-refractivity contribution in [1.82, 2.24) is 0 Å². The number of rotatable bonds is 6. The van der Waals surface area contributed by atoms with Gasteiger partial charge < -0.3 is 24.3 Å². The molecule has 5 nitrogen and oxygen atoms in total. The van der Waals surface area contributed by atoms with Crippen molar-refractivity contribution in [2.45, 2.75) is 26.5 Å². The third-order valence-corrected chi connectivity index (χ3v) is 3.79. The summed E-state index contributed by atoms with van der Waals surface area (Å²) < 4.78 is 21.8. The molecule has 2 aromatic rings. The molecule has 0 spiro atoms. The van der Waals surface area contributed by atoms with Gasteiger partial charge in [0.25, 0.3) is 0 Å². The van der Waals surface area contributed by atoms with Crippen molar-refractivity contribution in [3.63, 3.8) is 0 Å². The second-order valence-corrected chi connectivity index (χ2v) is 6.10. The molecule has 0 aromatic heterocycles. The second kappa shape index (κ2) is 7.09. The topological polar surface area (TPSA) is 49.0 Å². The van der Waals surface area contributed by atoms with Crippen molar-refractivity contribution in [3.05, 3.63) is 40.9 Å². The predicted octanol–water partition coefficient (Wildman–Crippen LogP) is 4.48. The number of halogens is 1. The summed E-state index contributed by atoms with van der Waals surface area (Å²) in [5.74, 6) is 2.71. The van der Waals surface area contributed by atoms with Crippen LogP contribution in [0, 0.1) is 0 Å². The van der Waals surface area contributed by atoms with Crippen LogP contribution in [0.1, 0.15) is 19.4 Å². The van der Waals surface area contributed by atoms with Gasteiger partial charge in [-0.1, -0.05) is 11.6 Å². The molecule has 0 saturated carbocycles. The molecule has 0 fully saturated rings. The minimum absolute atomic E-state index is 0.0222. The Morgan fingerprint density at radius 3 is 2.71 bits per heavy atom. The summed E-state index contributed by atoms with van der Waals surface area (Å²) in [4.78, 5) is 0. The van der Waals surface area contributed by atoms with Crippen LogP contribution in [0.3, 0.4) is 0 Å². The van der Waals surface area contributed by atoms with E-state index in [0.29, 0.717) is 23.1 Å². The molecule has 1 aliphatic rings. The first-order chi connectivity index (χ1) is 11.6. The Balaban J connectivity index is 1.74. The van der Waals surface area contributed by atoms with Gasteiger partial charge in [-0.15, -0.1) is 0 Å². The Bertz CT molecular complexity index is 733. The highest BCUT2D eigenvalue weighted by atomic mass is 35.5. The summed E-state index contributed by atoms with van der Waals surface area (Å²) in [5.41, 5.74) is 1.93. The van der Waals surface area contributed by atoms with Crippen LogP contribution in [0.25, 0.3) is 0 Å². The largest absolute Gasteiger partial charge is 0.493 e. The minimum atomic E-state index is 0.0222. The van der Waals surface area contributed by atoms with Crippen molar-refractivity contribution in [3.8, 4) is 23.0 Å². The highest BCUT2D eigenvalue weighted by molar-refractivity contribution is 6.32. The van der Waals surface area contributed by atoms with Gasteiger partial charge in [0.05, 0.1) is 18.2 Å². The number of methoxy groups -OCH3 is 1. The zero-order chi connectivity index (χ0) is 17.1. The molecule has 1 heterocycles. The quantitative estimate of drug-likeness (QED) is 0.833. The van der Waals surface area contributed by atoms with Gasteiger partial charge in [-0.05, 0) is 43.7 Å². The zero-order valence-corrected chi connectivity index (χ0v) is 14.6. The normalized spacial score (nSPS) is 12.4. The van der Waals surface area contributed by atoms with E-state index in [0.717, 1.165) is 22.7 Å². The highest BCUT2D eigenvalue weighted by Gasteiger charge is 2.15. The van der Waals surface area contributed by atoms with Gasteiger partial charge in [0.1, 0.15) is 0 Å². The molecule has 0 radical (unpaired) electrons. The third kappa shape index (κ3) is 3.62. The number of benzene rings is 2. The summed E-state index contributed by atoms with van der Waals surface area (Å²) >= 11 is 6.35. The monoisotopic (exact) mass is 349 g/mol. The van der Waals surface area contributed by atoms with E-state index in [1.54, 1.807) is 7.11 Å². The van der Waals surface area contributed by atoms with Crippen molar-refractivity contribution < 1.29 is 18.9 Å². The van der Waals surface area contributed by atoms with E-state index in [2.05, 4.69) is 5.32 Å². The Labute approximate surface area is 146 Å². The van der Waals surface area contributed by atoms with Crippen molar-refractivity contribution in [2.24, 2.45) is 0 Å². The molecular formula is C18H20ClNO4. The van der Waals surface area contributed by atoms with Crippen LogP contribution in [0.4, 0.5) is 5.69 Å². The molecule has 0 bridgehead atoms. The molecule has 3 rings (SSSR count). The second-order valence-electron chi connectivity index (χ2n) is 5.70. The first kappa shape index (κ1) is 16.6. The number of hydrogen-bond donors (Lipinski definition) is 1. The third-order valence-electron chi connectivity index (χ3n) is 3.51. The summed E-state index contributed by atoms with van der Waals surface area (Å²) in [6.45, 7) is 4.76. The molecule has 1 N–H and O–H groups in total. The van der Waals surface area contributed by atoms with E-state index >= 15 is 0 Å². The van der Waals surface area contributed by atoms with E-state index in [4.69, 9.17) is 30.5 Å². The minimum Gasteiger partial charge on any atom is -0.493 e. The maximum Gasteiger partial charge on any atom is 0.231 e. The van der Waals surface area contributed by atoms with E-state index in [1.807, 2.05) is 44.2 Å². The van der Waals surface area contributed by atoms with Crippen LogP contribution < -0.4 is 24.3 Å². The first-order valence-corrected chi connectivity index (χ1v) is 8.11. The fourth-order valence-electron chi connectivity index (χ4n) is 2.44. The number of anilines is 1. The molecule has 0 amide bonds. The van der Waals surface area contributed by atoms with Crippen LogP contribution in [0.15, 0.2) is 30.3 Å². The van der Waals surface area contributed by atoms with Gasteiger partial charge in [-0.25, -0.2) is 0 Å². The van der Waals surface area contributed by atoms with Crippen molar-refractivity contribution in [1.29, 1.82) is 0 Å². The number of hydrogen-bond acceptors (Lipinski definition) is 5. The van der Waals surface area contributed by atoms with Gasteiger partial charge in [-0.2, -0.15) is 0 Å². The van der Waals surface area contributed by atoms with Crippen LogP contribution in [0.5, 0.6) is 23.0 Å². The molecule has 0 aliphatic carbocycles. The summed E-state index contributed by atoms with van der Waals surface area (Å²) in [5, 5.41) is 3.87. The average Bonchev–Trinajstić information content (AvgIpc) is 3.02. The maximum atomic E-state index is 6.35. The average molecular weight is 350 g/mol. The number of ether oxygens (including phenoxy) is 4. The van der Waals surface area contributed by atoms with Gasteiger partial charge in [0.15, 0.2) is 23.0 Å². The fourth-order valence-corrected chi connectivity index (χ4v) is 2.71. The molecule has 0 atom stereocenters. The van der Waals surface area contributed by atoms with Crippen molar-refractivity contribution in [2.75, 3.05) is 19.2 Å². The zero-order valence-electron chi connectivity index (χ0n) is 13.9. The lowest BCUT2D eigenvalue weighted by molar-refractivity contribution is 0.174. The highest BCUT2D eigenvalue weighted by Crippen LogP contribution is 2.38. The van der Waals surface area contributed by atoms with Crippen LogP contribution in [-0.2, 0) is 6.54 Å². The molecule has 0 saturated heterocycles. The molecule has 128 valence electrons. The van der Waals surface area contributed by atoms with Crippen LogP contribution in [-0.4, -0.2) is 20.0 Å². The molecule has 1 aliphatic heterocycles. The van der Waals surface area contributed by atoms with E-state index in [-0.39, 0.29) is 12.9 Å². The summed E-state index contributed by atoms with van der Waals surface area (Å²) in [6, 6.07) is 9.54. The van der Waals surface area contributed by atoms with E-state index in [9.17, 15) is 0 Å². The Hall–Kier alpha value is -2.27. The van der Waals surface area contributed by atoms with Gasteiger partial charge in [0.2, 0.25) is 6.79 Å². The van der Waals surface area contributed by atoms with E-state index in [1.165, 1.54) is 0 Å². The van der Waals surface area contributed by atoms with Gasteiger partial charge in [-0.3, -0.25) is 0 Å². The molecule has 6 heteroatoms. The molecule has 2 aromatic carbocycles. The predicted molar refractivity (Wildman–Crippen MR) is 93.7 cm³/mol. The van der Waals surface area contributed by atoms with Crippen molar-refractivity contribution >= 4 is 17.3 Å². The SMILES string of the molecule is COc1cc(CNc2ccc3c(c2)OCO3)cc(Cl)c1OC(C)C. The maximum absolute atomic E-state index is 6.35. The summed E-state index contributed by atoms with van der Waals surface area (Å²) in [7, 11) is 1.61. The molecule has 0 unspecified atom stereocenters. The van der Waals surface area contributed by atoms with Crippen LogP contribution in [0.2, 0.25) is 5.02 Å². The summed E-state index contributed by atoms with van der Waals surface area (Å²) in [6.07, 6.45) is 0.0222. The lowest BCUT2D eigenvalue weighted by atomic mass is 10.2. The number of nitrogens with one attached hydrogen (secondary N) is 1. The molecule has 24 heavy (non-hydrogen) atoms. The Morgan fingerprint density at radius 1 is 1.17 bits per heavy atom. The lowest BCUT2D eigenvalue weighted by Crippen LogP contribution is -2.08. The Morgan fingerprint density at radius 2 is 1.96 bits per heavy atom. The van der Waals surface area contributed by atoms with Crippen LogP contribution >= 0.6 is 11.6 Å². The van der Waals surface area contributed by atoms with Gasteiger partial charge >= 0.3 is 0 Å². The first-order valence-electron chi connectivity index (χ1n) is 7.73. The van der Waals surface area contributed by atoms with Gasteiger partial charge in [0, 0.05) is 18.3 Å². The lowest BCUT2D eigenvalue weighted by Gasteiger charge is -2.17. The number of fused-ring (bicyclic) bond motifs is 1. The fraction of sp³-hybridized carbons (Fsp3) is 0.333. The van der Waals surface area contributed by atoms with E-state index < -0.39 is 0 Å². The standard InChI is InChI=1S/C18H20ClNO4/c1-11(2)24-18-14(19)6-12(7-17(18)21-3)9-20-13-4-5-15-16(8-13)23-10-22-15/h4-8,11,20H,9-10H2,1-3H3.